The second kappa shape index (κ2) is 6.92. The molecular weight excluding hydrogens is 260 g/mol. The molecule has 0 saturated carbocycles. The molecule has 2 rings (SSSR count). The van der Waals surface area contributed by atoms with Crippen LogP contribution in [0.15, 0.2) is 0 Å². The van der Waals surface area contributed by atoms with Gasteiger partial charge in [0, 0.05) is 38.7 Å². The Balaban J connectivity index is 1.74. The molecule has 2 amide bonds. The average Bonchev–Trinajstić information content (AvgIpc) is 2.39. The summed E-state index contributed by atoms with van der Waals surface area (Å²) < 4.78 is 5.73. The summed E-state index contributed by atoms with van der Waals surface area (Å²) >= 11 is 0. The van der Waals surface area contributed by atoms with Gasteiger partial charge >= 0.3 is 12.0 Å². The van der Waals surface area contributed by atoms with E-state index in [-0.39, 0.29) is 24.5 Å². The van der Waals surface area contributed by atoms with Crippen molar-refractivity contribution < 1.29 is 19.4 Å². The number of hydrogen-bond acceptors (Lipinski definition) is 3. The number of aliphatic carboxylic acids is 1. The Hall–Kier alpha value is -1.30. The van der Waals surface area contributed by atoms with Crippen molar-refractivity contribution in [3.05, 3.63) is 0 Å². The summed E-state index contributed by atoms with van der Waals surface area (Å²) in [5, 5.41) is 8.71. The van der Waals surface area contributed by atoms with Crippen LogP contribution in [0.3, 0.4) is 0 Å². The van der Waals surface area contributed by atoms with Crippen molar-refractivity contribution in [2.75, 3.05) is 32.8 Å². The van der Waals surface area contributed by atoms with E-state index in [2.05, 4.69) is 6.92 Å². The van der Waals surface area contributed by atoms with Crippen LogP contribution in [0.4, 0.5) is 4.79 Å². The largest absolute Gasteiger partial charge is 0.481 e. The molecule has 0 aromatic carbocycles. The van der Waals surface area contributed by atoms with Gasteiger partial charge in [-0.3, -0.25) is 4.79 Å². The lowest BCUT2D eigenvalue weighted by Gasteiger charge is -2.43. The minimum Gasteiger partial charge on any atom is -0.481 e. The zero-order valence-electron chi connectivity index (χ0n) is 12.1. The lowest BCUT2D eigenvalue weighted by atomic mass is 9.97. The lowest BCUT2D eigenvalue weighted by Crippen LogP contribution is -2.57. The summed E-state index contributed by atoms with van der Waals surface area (Å²) in [6.07, 6.45) is 3.31. The molecule has 0 radical (unpaired) electrons. The first-order valence-electron chi connectivity index (χ1n) is 7.47. The van der Waals surface area contributed by atoms with Crippen LogP contribution in [0.2, 0.25) is 0 Å². The second-order valence-electron chi connectivity index (χ2n) is 5.73. The monoisotopic (exact) mass is 284 g/mol. The minimum atomic E-state index is -0.784. The number of carboxylic acid groups (broad SMARTS) is 1. The van der Waals surface area contributed by atoms with E-state index in [4.69, 9.17) is 9.84 Å². The van der Waals surface area contributed by atoms with E-state index in [1.165, 1.54) is 0 Å². The van der Waals surface area contributed by atoms with Gasteiger partial charge in [-0.1, -0.05) is 6.92 Å². The van der Waals surface area contributed by atoms with Gasteiger partial charge in [0.25, 0.3) is 0 Å². The summed E-state index contributed by atoms with van der Waals surface area (Å²) in [4.78, 5) is 26.5. The molecular formula is C14H24N2O4. The molecule has 2 aliphatic heterocycles. The number of nitrogens with zero attached hydrogens (tertiary/aromatic N) is 2. The Morgan fingerprint density at radius 3 is 2.65 bits per heavy atom. The van der Waals surface area contributed by atoms with Gasteiger partial charge in [-0.15, -0.1) is 0 Å². The maximum Gasteiger partial charge on any atom is 0.320 e. The Labute approximate surface area is 119 Å². The summed E-state index contributed by atoms with van der Waals surface area (Å²) in [6.45, 7) is 5.42. The molecule has 2 saturated heterocycles. The standard InChI is InChI=1S/C14H24N2O4/c1-2-6-20-12-4-3-5-15(10-12)14(19)16-8-11(9-16)7-13(17)18/h11-12H,2-10H2,1H3,(H,17,18). The summed E-state index contributed by atoms with van der Waals surface area (Å²) in [5.41, 5.74) is 0. The molecule has 0 aromatic rings. The van der Waals surface area contributed by atoms with Gasteiger partial charge in [0.05, 0.1) is 12.5 Å². The average molecular weight is 284 g/mol. The van der Waals surface area contributed by atoms with Crippen molar-refractivity contribution in [1.82, 2.24) is 9.80 Å². The van der Waals surface area contributed by atoms with Crippen molar-refractivity contribution in [1.29, 1.82) is 0 Å². The van der Waals surface area contributed by atoms with Crippen molar-refractivity contribution in [3.63, 3.8) is 0 Å². The van der Waals surface area contributed by atoms with E-state index in [1.54, 1.807) is 4.90 Å². The number of amides is 2. The van der Waals surface area contributed by atoms with Crippen LogP contribution in [-0.2, 0) is 9.53 Å². The number of rotatable bonds is 5. The smallest absolute Gasteiger partial charge is 0.320 e. The fourth-order valence-electron chi connectivity index (χ4n) is 2.83. The number of urea groups is 1. The van der Waals surface area contributed by atoms with Crippen molar-refractivity contribution in [2.24, 2.45) is 5.92 Å². The van der Waals surface area contributed by atoms with Crippen molar-refractivity contribution >= 4 is 12.0 Å². The Kier molecular flexibility index (Phi) is 5.23. The second-order valence-corrected chi connectivity index (χ2v) is 5.73. The van der Waals surface area contributed by atoms with Crippen LogP contribution < -0.4 is 0 Å². The molecule has 0 spiro atoms. The van der Waals surface area contributed by atoms with E-state index in [0.717, 1.165) is 32.4 Å². The summed E-state index contributed by atoms with van der Waals surface area (Å²) in [5.74, 6) is -0.665. The highest BCUT2D eigenvalue weighted by Crippen LogP contribution is 2.22. The van der Waals surface area contributed by atoms with Crippen LogP contribution in [0.25, 0.3) is 0 Å². The predicted octanol–water partition coefficient (Wildman–Crippen LogP) is 1.40. The highest BCUT2D eigenvalue weighted by molar-refractivity contribution is 5.76. The molecule has 6 nitrogen and oxygen atoms in total. The van der Waals surface area contributed by atoms with Crippen LogP contribution in [0.5, 0.6) is 0 Å². The minimum absolute atomic E-state index is 0.0384. The first kappa shape index (κ1) is 15.1. The van der Waals surface area contributed by atoms with Crippen LogP contribution in [0.1, 0.15) is 32.6 Å². The number of piperidine rings is 1. The first-order valence-corrected chi connectivity index (χ1v) is 7.47. The number of carbonyl (C=O) groups is 2. The van der Waals surface area contributed by atoms with E-state index in [0.29, 0.717) is 19.6 Å². The number of likely N-dealkylation sites (tertiary alicyclic amines) is 2. The zero-order chi connectivity index (χ0) is 14.5. The lowest BCUT2D eigenvalue weighted by molar-refractivity contribution is -0.139. The molecule has 2 fully saturated rings. The molecule has 1 atom stereocenters. The molecule has 1 N–H and O–H groups in total. The van der Waals surface area contributed by atoms with E-state index >= 15 is 0 Å². The van der Waals surface area contributed by atoms with Gasteiger partial charge in [-0.05, 0) is 19.3 Å². The molecule has 2 heterocycles. The SMILES string of the molecule is CCCOC1CCCN(C(=O)N2CC(CC(=O)O)C2)C1. The van der Waals surface area contributed by atoms with Gasteiger partial charge in [0.2, 0.25) is 0 Å². The van der Waals surface area contributed by atoms with Crippen molar-refractivity contribution in [3.8, 4) is 0 Å². The number of carboxylic acids is 1. The maximum atomic E-state index is 12.3. The molecule has 0 aromatic heterocycles. The number of hydrogen-bond donors (Lipinski definition) is 1. The quantitative estimate of drug-likeness (QED) is 0.828. The fraction of sp³-hybridized carbons (Fsp3) is 0.857. The topological polar surface area (TPSA) is 70.1 Å². The predicted molar refractivity (Wildman–Crippen MR) is 73.5 cm³/mol. The Morgan fingerprint density at radius 1 is 1.25 bits per heavy atom. The van der Waals surface area contributed by atoms with Gasteiger partial charge in [0.15, 0.2) is 0 Å². The van der Waals surface area contributed by atoms with E-state index in [1.807, 2.05) is 4.90 Å². The Morgan fingerprint density at radius 2 is 2.00 bits per heavy atom. The molecule has 20 heavy (non-hydrogen) atoms. The van der Waals surface area contributed by atoms with E-state index in [9.17, 15) is 9.59 Å². The first-order chi connectivity index (χ1) is 9.60. The van der Waals surface area contributed by atoms with Crippen LogP contribution in [-0.4, -0.2) is 65.8 Å². The molecule has 2 aliphatic rings. The highest BCUT2D eigenvalue weighted by Gasteiger charge is 2.35. The number of ether oxygens (including phenoxy) is 1. The molecule has 114 valence electrons. The number of carbonyl (C=O) groups excluding carboxylic acids is 1. The van der Waals surface area contributed by atoms with Gasteiger partial charge in [-0.25, -0.2) is 4.79 Å². The van der Waals surface area contributed by atoms with Gasteiger partial charge in [-0.2, -0.15) is 0 Å². The normalized spacial score (nSPS) is 23.6. The molecule has 6 heteroatoms. The van der Waals surface area contributed by atoms with Gasteiger partial charge in [0.1, 0.15) is 0 Å². The third-order valence-corrected chi connectivity index (χ3v) is 3.90. The third kappa shape index (κ3) is 3.85. The third-order valence-electron chi connectivity index (χ3n) is 3.90. The highest BCUT2D eigenvalue weighted by atomic mass is 16.5. The van der Waals surface area contributed by atoms with Crippen LogP contribution in [0, 0.1) is 5.92 Å². The Bertz CT molecular complexity index is 355. The van der Waals surface area contributed by atoms with Crippen molar-refractivity contribution in [2.45, 2.75) is 38.7 Å². The van der Waals surface area contributed by atoms with E-state index < -0.39 is 5.97 Å². The fourth-order valence-corrected chi connectivity index (χ4v) is 2.83. The summed E-state index contributed by atoms with van der Waals surface area (Å²) in [7, 11) is 0. The molecule has 1 unspecified atom stereocenters. The summed E-state index contributed by atoms with van der Waals surface area (Å²) in [6, 6.07) is 0.0384. The zero-order valence-corrected chi connectivity index (χ0v) is 12.1. The van der Waals surface area contributed by atoms with Gasteiger partial charge < -0.3 is 19.6 Å². The molecule has 0 bridgehead atoms. The van der Waals surface area contributed by atoms with Crippen LogP contribution >= 0.6 is 0 Å². The maximum absolute atomic E-state index is 12.3. The molecule has 0 aliphatic carbocycles.